The highest BCUT2D eigenvalue weighted by Crippen LogP contribution is 2.46. The summed E-state index contributed by atoms with van der Waals surface area (Å²) in [6.07, 6.45) is 2.55. The highest BCUT2D eigenvalue weighted by atomic mass is 35.5. The lowest BCUT2D eigenvalue weighted by atomic mass is 10.1. The van der Waals surface area contributed by atoms with Crippen LogP contribution in [0.3, 0.4) is 0 Å². The maximum atomic E-state index is 5.98. The van der Waals surface area contributed by atoms with Crippen molar-refractivity contribution < 1.29 is 4.74 Å². The van der Waals surface area contributed by atoms with Gasteiger partial charge in [-0.05, 0) is 30.4 Å². The minimum Gasteiger partial charge on any atom is -0.495 e. The molecule has 2 heteroatoms. The van der Waals surface area contributed by atoms with E-state index in [-0.39, 0.29) is 0 Å². The van der Waals surface area contributed by atoms with Gasteiger partial charge in [-0.25, -0.2) is 0 Å². The third-order valence-electron chi connectivity index (χ3n) is 2.22. The molecule has 0 saturated heterocycles. The lowest BCUT2D eigenvalue weighted by Crippen LogP contribution is -1.90. The van der Waals surface area contributed by atoms with Gasteiger partial charge in [-0.3, -0.25) is 0 Å². The zero-order valence-electron chi connectivity index (χ0n) is 7.01. The highest BCUT2D eigenvalue weighted by Gasteiger charge is 2.27. The first-order valence-electron chi connectivity index (χ1n) is 4.15. The summed E-state index contributed by atoms with van der Waals surface area (Å²) in [5.74, 6) is 1.56. The molecule has 12 heavy (non-hydrogen) atoms. The summed E-state index contributed by atoms with van der Waals surface area (Å²) in [6, 6.07) is 5.95. The summed E-state index contributed by atoms with van der Waals surface area (Å²) in [6.45, 7) is 0. The molecule has 1 nitrogen and oxygen atoms in total. The Labute approximate surface area is 77.3 Å². The number of rotatable bonds is 2. The van der Waals surface area contributed by atoms with Crippen molar-refractivity contribution in [3.63, 3.8) is 0 Å². The van der Waals surface area contributed by atoms with Gasteiger partial charge >= 0.3 is 0 Å². The molecule has 0 aromatic heterocycles. The number of ether oxygens (including phenoxy) is 1. The molecule has 1 aliphatic rings. The van der Waals surface area contributed by atoms with E-state index in [2.05, 4.69) is 6.07 Å². The Kier molecular flexibility index (Phi) is 1.97. The molecule has 0 heterocycles. The van der Waals surface area contributed by atoms with Gasteiger partial charge in [0.05, 0.1) is 12.1 Å². The molecule has 1 fully saturated rings. The van der Waals surface area contributed by atoms with E-state index in [1.165, 1.54) is 18.4 Å². The summed E-state index contributed by atoms with van der Waals surface area (Å²) in [5.41, 5.74) is 1.27. The average Bonchev–Trinajstić information content (AvgIpc) is 2.86. The second kappa shape index (κ2) is 2.98. The first-order chi connectivity index (χ1) is 5.83. The second-order valence-corrected chi connectivity index (χ2v) is 3.54. The van der Waals surface area contributed by atoms with E-state index in [1.807, 2.05) is 12.1 Å². The van der Waals surface area contributed by atoms with E-state index < -0.39 is 0 Å². The minimum atomic E-state index is 0.693. The molecule has 0 N–H and O–H groups in total. The predicted octanol–water partition coefficient (Wildman–Crippen LogP) is 3.23. The molecule has 1 aromatic carbocycles. The Balaban J connectivity index is 2.43. The van der Waals surface area contributed by atoms with Crippen molar-refractivity contribution in [1.29, 1.82) is 0 Å². The van der Waals surface area contributed by atoms with Crippen LogP contribution in [-0.4, -0.2) is 7.11 Å². The monoisotopic (exact) mass is 182 g/mol. The molecule has 1 saturated carbocycles. The third kappa shape index (κ3) is 1.29. The summed E-state index contributed by atoms with van der Waals surface area (Å²) >= 11 is 5.98. The van der Waals surface area contributed by atoms with Crippen LogP contribution in [0.4, 0.5) is 0 Å². The average molecular weight is 183 g/mol. The van der Waals surface area contributed by atoms with Crippen molar-refractivity contribution in [1.82, 2.24) is 0 Å². The van der Waals surface area contributed by atoms with Gasteiger partial charge in [0.2, 0.25) is 0 Å². The number of halogens is 1. The van der Waals surface area contributed by atoms with Crippen molar-refractivity contribution in [2.75, 3.05) is 7.11 Å². The van der Waals surface area contributed by atoms with E-state index in [4.69, 9.17) is 16.3 Å². The van der Waals surface area contributed by atoms with E-state index in [0.29, 0.717) is 5.92 Å². The molecule has 1 aliphatic carbocycles. The molecular formula is C10H11ClO. The van der Waals surface area contributed by atoms with Gasteiger partial charge < -0.3 is 4.74 Å². The fourth-order valence-electron chi connectivity index (χ4n) is 1.46. The van der Waals surface area contributed by atoms with Crippen LogP contribution >= 0.6 is 11.6 Å². The summed E-state index contributed by atoms with van der Waals surface area (Å²) in [7, 11) is 1.67. The topological polar surface area (TPSA) is 9.23 Å². The minimum absolute atomic E-state index is 0.693. The van der Waals surface area contributed by atoms with Gasteiger partial charge in [0.1, 0.15) is 5.75 Å². The fourth-order valence-corrected chi connectivity index (χ4v) is 1.72. The summed E-state index contributed by atoms with van der Waals surface area (Å²) in [5, 5.41) is 0.724. The first kappa shape index (κ1) is 7.93. The molecule has 0 bridgehead atoms. The van der Waals surface area contributed by atoms with Crippen LogP contribution in [0.2, 0.25) is 5.02 Å². The van der Waals surface area contributed by atoms with Crippen LogP contribution in [0.15, 0.2) is 18.2 Å². The number of methoxy groups -OCH3 is 1. The van der Waals surface area contributed by atoms with Crippen molar-refractivity contribution in [3.05, 3.63) is 28.8 Å². The van der Waals surface area contributed by atoms with Gasteiger partial charge in [0.25, 0.3) is 0 Å². The molecular weight excluding hydrogens is 172 g/mol. The zero-order chi connectivity index (χ0) is 8.55. The lowest BCUT2D eigenvalue weighted by molar-refractivity contribution is 0.410. The molecule has 0 radical (unpaired) electrons. The largest absolute Gasteiger partial charge is 0.495 e. The third-order valence-corrected chi connectivity index (χ3v) is 2.52. The van der Waals surface area contributed by atoms with E-state index in [9.17, 15) is 0 Å². The SMILES string of the molecule is COc1c(Cl)cccc1C1CC1. The molecule has 1 aromatic rings. The molecule has 64 valence electrons. The second-order valence-electron chi connectivity index (χ2n) is 3.14. The first-order valence-corrected chi connectivity index (χ1v) is 4.53. The van der Waals surface area contributed by atoms with Crippen LogP contribution in [0.25, 0.3) is 0 Å². The van der Waals surface area contributed by atoms with E-state index >= 15 is 0 Å². The predicted molar refractivity (Wildman–Crippen MR) is 50.0 cm³/mol. The van der Waals surface area contributed by atoms with Crippen LogP contribution in [0, 0.1) is 0 Å². The maximum absolute atomic E-state index is 5.98. The van der Waals surface area contributed by atoms with Gasteiger partial charge in [-0.15, -0.1) is 0 Å². The van der Waals surface area contributed by atoms with Gasteiger partial charge in [0, 0.05) is 0 Å². The van der Waals surface area contributed by atoms with Crippen molar-refractivity contribution in [2.24, 2.45) is 0 Å². The Bertz CT molecular complexity index is 292. The molecule has 2 rings (SSSR count). The zero-order valence-corrected chi connectivity index (χ0v) is 7.77. The van der Waals surface area contributed by atoms with Gasteiger partial charge in [0.15, 0.2) is 0 Å². The van der Waals surface area contributed by atoms with Gasteiger partial charge in [-0.2, -0.15) is 0 Å². The summed E-state index contributed by atoms with van der Waals surface area (Å²) in [4.78, 5) is 0. The standard InChI is InChI=1S/C10H11ClO/c1-12-10-8(7-5-6-7)3-2-4-9(10)11/h2-4,7H,5-6H2,1H3. The van der Waals surface area contributed by atoms with Gasteiger partial charge in [-0.1, -0.05) is 23.7 Å². The normalized spacial score (nSPS) is 16.2. The molecule has 0 unspecified atom stereocenters. The van der Waals surface area contributed by atoms with E-state index in [0.717, 1.165) is 10.8 Å². The number of hydrogen-bond donors (Lipinski definition) is 0. The molecule has 0 atom stereocenters. The van der Waals surface area contributed by atoms with Crippen molar-refractivity contribution in [3.8, 4) is 5.75 Å². The van der Waals surface area contributed by atoms with Crippen LogP contribution in [0.1, 0.15) is 24.3 Å². The Hall–Kier alpha value is -0.690. The summed E-state index contributed by atoms with van der Waals surface area (Å²) < 4.78 is 5.25. The Morgan fingerprint density at radius 1 is 1.42 bits per heavy atom. The quantitative estimate of drug-likeness (QED) is 0.683. The van der Waals surface area contributed by atoms with Crippen LogP contribution in [-0.2, 0) is 0 Å². The number of hydrogen-bond acceptors (Lipinski definition) is 1. The number of benzene rings is 1. The van der Waals surface area contributed by atoms with E-state index in [1.54, 1.807) is 7.11 Å². The molecule has 0 amide bonds. The Morgan fingerprint density at radius 2 is 2.17 bits per heavy atom. The molecule has 0 spiro atoms. The van der Waals surface area contributed by atoms with Crippen molar-refractivity contribution >= 4 is 11.6 Å². The van der Waals surface area contributed by atoms with Crippen LogP contribution < -0.4 is 4.74 Å². The molecule has 0 aliphatic heterocycles. The van der Waals surface area contributed by atoms with Crippen molar-refractivity contribution in [2.45, 2.75) is 18.8 Å². The smallest absolute Gasteiger partial charge is 0.140 e. The van der Waals surface area contributed by atoms with Crippen LogP contribution in [0.5, 0.6) is 5.75 Å². The lowest BCUT2D eigenvalue weighted by Gasteiger charge is -2.08. The number of para-hydroxylation sites is 1. The highest BCUT2D eigenvalue weighted by molar-refractivity contribution is 6.32. The maximum Gasteiger partial charge on any atom is 0.140 e. The Morgan fingerprint density at radius 3 is 2.75 bits per heavy atom. The fraction of sp³-hybridized carbons (Fsp3) is 0.400.